The molecule has 0 saturated heterocycles. The van der Waals surface area contributed by atoms with Gasteiger partial charge < -0.3 is 20.5 Å². The molecule has 0 saturated carbocycles. The summed E-state index contributed by atoms with van der Waals surface area (Å²) in [4.78, 5) is 21.2. The molecule has 0 aromatic heterocycles. The number of nitrogens with two attached hydrogens (primary N) is 1. The number of ether oxygens (including phenoxy) is 1. The zero-order valence-corrected chi connectivity index (χ0v) is 31.6. The fourth-order valence-electron chi connectivity index (χ4n) is 5.34. The lowest BCUT2D eigenvalue weighted by Gasteiger charge is -2.15. The minimum atomic E-state index is -4.25. The molecule has 2 unspecified atom stereocenters. The van der Waals surface area contributed by atoms with Crippen molar-refractivity contribution in [2.45, 2.75) is 180 Å². The molecule has 4 N–H and O–H groups in total. The van der Waals surface area contributed by atoms with Crippen LogP contribution in [0.4, 0.5) is 0 Å². The number of aliphatic hydroxyl groups is 1. The Kier molecular flexibility index (Phi) is 36.0. The van der Waals surface area contributed by atoms with E-state index in [1.165, 1.54) is 128 Å². The Balaban J connectivity index is 3.34. The van der Waals surface area contributed by atoms with Gasteiger partial charge in [0.2, 0.25) is 0 Å². The lowest BCUT2D eigenvalue weighted by atomic mass is 10.0. The van der Waals surface area contributed by atoms with E-state index in [9.17, 15) is 19.4 Å². The first-order chi connectivity index (χ1) is 23.4. The van der Waals surface area contributed by atoms with Crippen LogP contribution in [0.1, 0.15) is 174 Å². The Hall–Kier alpha value is -1.28. The quantitative estimate of drug-likeness (QED) is 0.0253. The molecule has 0 aromatic carbocycles. The highest BCUT2D eigenvalue weighted by atomic mass is 31.2. The number of phosphoric ester groups is 1. The van der Waals surface area contributed by atoms with Crippen LogP contribution in [-0.4, -0.2) is 48.4 Å². The number of rotatable bonds is 37. The minimum Gasteiger partial charge on any atom is -0.463 e. The molecule has 9 heteroatoms. The van der Waals surface area contributed by atoms with Gasteiger partial charge in [0.1, 0.15) is 12.7 Å². The SMILES string of the molecule is CCCCCCC/C=C\C/C=C\C/C=C\CCCCCCCCCCCCCCCCCCC(=O)OCC(O)COP(=O)(O)OCCN. The van der Waals surface area contributed by atoms with E-state index in [4.69, 9.17) is 10.5 Å². The van der Waals surface area contributed by atoms with Gasteiger partial charge in [-0.1, -0.05) is 159 Å². The van der Waals surface area contributed by atoms with Crippen LogP contribution in [0.15, 0.2) is 36.5 Å². The maximum atomic E-state index is 11.8. The average Bonchev–Trinajstić information content (AvgIpc) is 3.08. The van der Waals surface area contributed by atoms with Gasteiger partial charge in [0.15, 0.2) is 0 Å². The molecule has 0 rings (SSSR count). The normalized spacial score (nSPS) is 14.0. The van der Waals surface area contributed by atoms with Gasteiger partial charge in [-0.2, -0.15) is 0 Å². The van der Waals surface area contributed by atoms with Crippen LogP contribution in [0.5, 0.6) is 0 Å². The van der Waals surface area contributed by atoms with E-state index < -0.39 is 20.5 Å². The van der Waals surface area contributed by atoms with Gasteiger partial charge in [-0.05, 0) is 44.9 Å². The summed E-state index contributed by atoms with van der Waals surface area (Å²) in [5.41, 5.74) is 5.20. The highest BCUT2D eigenvalue weighted by Gasteiger charge is 2.22. The van der Waals surface area contributed by atoms with E-state index in [1.54, 1.807) is 0 Å². The van der Waals surface area contributed by atoms with Crippen molar-refractivity contribution >= 4 is 13.8 Å². The fraction of sp³-hybridized carbons (Fsp3) is 0.821. The van der Waals surface area contributed by atoms with E-state index in [0.29, 0.717) is 6.42 Å². The first-order valence-corrected chi connectivity index (χ1v) is 21.0. The van der Waals surface area contributed by atoms with Crippen LogP contribution < -0.4 is 5.73 Å². The molecule has 282 valence electrons. The van der Waals surface area contributed by atoms with Gasteiger partial charge in [0.25, 0.3) is 0 Å². The van der Waals surface area contributed by atoms with Gasteiger partial charge in [-0.25, -0.2) is 4.57 Å². The van der Waals surface area contributed by atoms with Crippen LogP contribution in [0.25, 0.3) is 0 Å². The second kappa shape index (κ2) is 37.0. The number of phosphoric acid groups is 1. The molecule has 0 fully saturated rings. The third-order valence-electron chi connectivity index (χ3n) is 8.26. The number of hydrogen-bond acceptors (Lipinski definition) is 7. The number of unbranched alkanes of at least 4 members (excludes halogenated alkanes) is 21. The number of allylic oxidation sites excluding steroid dienone is 6. The summed E-state index contributed by atoms with van der Waals surface area (Å²) in [6, 6.07) is 0. The van der Waals surface area contributed by atoms with E-state index in [2.05, 4.69) is 52.4 Å². The lowest BCUT2D eigenvalue weighted by Crippen LogP contribution is -2.23. The number of carbonyl (C=O) groups is 1. The molecule has 0 radical (unpaired) electrons. The van der Waals surface area contributed by atoms with Crippen LogP contribution in [0, 0.1) is 0 Å². The van der Waals surface area contributed by atoms with E-state index >= 15 is 0 Å². The molecule has 8 nitrogen and oxygen atoms in total. The summed E-state index contributed by atoms with van der Waals surface area (Å²) >= 11 is 0. The Labute approximate surface area is 295 Å². The van der Waals surface area contributed by atoms with Crippen molar-refractivity contribution in [2.75, 3.05) is 26.4 Å². The first-order valence-electron chi connectivity index (χ1n) is 19.5. The molecule has 0 aliphatic rings. The average molecular weight is 700 g/mol. The van der Waals surface area contributed by atoms with Crippen LogP contribution in [0.2, 0.25) is 0 Å². The largest absolute Gasteiger partial charge is 0.472 e. The molecule has 48 heavy (non-hydrogen) atoms. The Bertz CT molecular complexity index is 833. The number of aliphatic hydroxyl groups excluding tert-OH is 1. The van der Waals surface area contributed by atoms with Crippen LogP contribution in [0.3, 0.4) is 0 Å². The van der Waals surface area contributed by atoms with Crippen LogP contribution >= 0.6 is 7.82 Å². The van der Waals surface area contributed by atoms with Crippen molar-refractivity contribution in [3.05, 3.63) is 36.5 Å². The summed E-state index contributed by atoms with van der Waals surface area (Å²) < 4.78 is 25.7. The number of esters is 1. The summed E-state index contributed by atoms with van der Waals surface area (Å²) in [7, 11) is -4.25. The maximum absolute atomic E-state index is 11.8. The highest BCUT2D eigenvalue weighted by Crippen LogP contribution is 2.42. The van der Waals surface area contributed by atoms with Crippen molar-refractivity contribution in [3.63, 3.8) is 0 Å². The third kappa shape index (κ3) is 37.5. The molecule has 0 aromatic rings. The van der Waals surface area contributed by atoms with Gasteiger partial charge >= 0.3 is 13.8 Å². The summed E-state index contributed by atoms with van der Waals surface area (Å²) in [5, 5.41) is 9.76. The first kappa shape index (κ1) is 46.7. The number of hydrogen-bond donors (Lipinski definition) is 3. The summed E-state index contributed by atoms with van der Waals surface area (Å²) in [6.45, 7) is 1.45. The fourth-order valence-corrected chi connectivity index (χ4v) is 6.12. The molecule has 0 amide bonds. The molecule has 0 aliphatic carbocycles. The highest BCUT2D eigenvalue weighted by molar-refractivity contribution is 7.47. The standard InChI is InChI=1S/C39H74NO7P/c1-2-3-4-5-6-7-8-9-10-11-12-13-14-15-16-17-18-19-20-21-22-23-24-25-26-27-28-29-30-31-32-33-39(42)45-36-38(41)37-47-48(43,44)46-35-34-40/h8-9,11-12,14-15,38,41H,2-7,10,13,16-37,40H2,1H3,(H,43,44)/b9-8-,12-11-,15-14-. The molecule has 0 heterocycles. The summed E-state index contributed by atoms with van der Waals surface area (Å²) in [5.74, 6) is -0.384. The van der Waals surface area contributed by atoms with Crippen molar-refractivity contribution in [1.82, 2.24) is 0 Å². The molecule has 0 bridgehead atoms. The molecule has 0 aliphatic heterocycles. The Morgan fingerprint density at radius 3 is 1.50 bits per heavy atom. The van der Waals surface area contributed by atoms with E-state index in [0.717, 1.165) is 32.1 Å². The topological polar surface area (TPSA) is 128 Å². The molecule has 0 spiro atoms. The van der Waals surface area contributed by atoms with Crippen molar-refractivity contribution in [2.24, 2.45) is 5.73 Å². The zero-order chi connectivity index (χ0) is 35.2. The van der Waals surface area contributed by atoms with Gasteiger partial charge in [0, 0.05) is 13.0 Å². The van der Waals surface area contributed by atoms with Gasteiger partial charge in [-0.3, -0.25) is 13.8 Å². The molecular formula is C39H74NO7P. The second-order valence-electron chi connectivity index (χ2n) is 13.0. The lowest BCUT2D eigenvalue weighted by molar-refractivity contribution is -0.147. The van der Waals surface area contributed by atoms with Gasteiger partial charge in [0.05, 0.1) is 13.2 Å². The molecular weight excluding hydrogens is 625 g/mol. The van der Waals surface area contributed by atoms with Crippen molar-refractivity contribution in [1.29, 1.82) is 0 Å². The Morgan fingerprint density at radius 2 is 1.04 bits per heavy atom. The van der Waals surface area contributed by atoms with E-state index in [-0.39, 0.29) is 25.7 Å². The predicted molar refractivity (Wildman–Crippen MR) is 201 cm³/mol. The van der Waals surface area contributed by atoms with Crippen molar-refractivity contribution < 1.29 is 33.1 Å². The summed E-state index contributed by atoms with van der Waals surface area (Å²) in [6.07, 6.45) is 44.6. The second-order valence-corrected chi connectivity index (χ2v) is 14.5. The van der Waals surface area contributed by atoms with Gasteiger partial charge in [-0.15, -0.1) is 0 Å². The predicted octanol–water partition coefficient (Wildman–Crippen LogP) is 10.8. The van der Waals surface area contributed by atoms with Crippen LogP contribution in [-0.2, 0) is 23.1 Å². The minimum absolute atomic E-state index is 0.0743. The van der Waals surface area contributed by atoms with E-state index in [1.807, 2.05) is 0 Å². The third-order valence-corrected chi connectivity index (χ3v) is 9.24. The van der Waals surface area contributed by atoms with Crippen molar-refractivity contribution in [3.8, 4) is 0 Å². The smallest absolute Gasteiger partial charge is 0.463 e. The zero-order valence-electron chi connectivity index (χ0n) is 30.7. The monoisotopic (exact) mass is 700 g/mol. The number of carbonyl (C=O) groups excluding carboxylic acids is 1. The Morgan fingerprint density at radius 1 is 0.625 bits per heavy atom. The molecule has 2 atom stereocenters. The maximum Gasteiger partial charge on any atom is 0.472 e.